The maximum absolute atomic E-state index is 12.5. The molecular weight excluding hydrogens is 286 g/mol. The zero-order valence-corrected chi connectivity index (χ0v) is 12.1. The summed E-state index contributed by atoms with van der Waals surface area (Å²) in [5, 5.41) is 16.0. The van der Waals surface area contributed by atoms with Crippen molar-refractivity contribution in [2.45, 2.75) is 13.0 Å². The molecule has 1 N–H and O–H groups in total. The van der Waals surface area contributed by atoms with Crippen LogP contribution in [0.4, 0.5) is 0 Å². The van der Waals surface area contributed by atoms with Crippen molar-refractivity contribution in [3.63, 3.8) is 0 Å². The maximum Gasteiger partial charge on any atom is 0.253 e. The Morgan fingerprint density at radius 2 is 2.14 bits per heavy atom. The number of benzene rings is 1. The Labute approximate surface area is 125 Å². The number of nitrogens with zero attached hydrogens (tertiary/aromatic N) is 4. The van der Waals surface area contributed by atoms with Crippen molar-refractivity contribution < 1.29 is 4.79 Å². The number of aromatic nitrogens is 4. The molecule has 1 atom stereocenters. The van der Waals surface area contributed by atoms with Crippen LogP contribution in [0.2, 0.25) is 0 Å². The zero-order chi connectivity index (χ0) is 14.7. The van der Waals surface area contributed by atoms with Gasteiger partial charge in [0.1, 0.15) is 6.33 Å². The zero-order valence-electron chi connectivity index (χ0n) is 11.3. The number of hydrogen-bond donors (Lipinski definition) is 1. The molecule has 2 heterocycles. The minimum atomic E-state index is -0.151. The van der Waals surface area contributed by atoms with E-state index in [0.717, 1.165) is 4.88 Å². The molecule has 0 aliphatic heterocycles. The van der Waals surface area contributed by atoms with Crippen LogP contribution in [0.3, 0.4) is 0 Å². The third-order valence-electron chi connectivity index (χ3n) is 3.06. The highest BCUT2D eigenvalue weighted by Crippen LogP contribution is 2.20. The molecule has 7 heteroatoms. The van der Waals surface area contributed by atoms with Gasteiger partial charge in [-0.2, -0.15) is 4.68 Å². The molecule has 0 saturated carbocycles. The summed E-state index contributed by atoms with van der Waals surface area (Å²) in [4.78, 5) is 13.6. The van der Waals surface area contributed by atoms with Gasteiger partial charge >= 0.3 is 0 Å². The summed E-state index contributed by atoms with van der Waals surface area (Å²) in [6, 6.07) is 11.2. The monoisotopic (exact) mass is 299 g/mol. The first kappa shape index (κ1) is 13.4. The van der Waals surface area contributed by atoms with Crippen molar-refractivity contribution in [3.05, 3.63) is 58.5 Å². The van der Waals surface area contributed by atoms with E-state index in [1.54, 1.807) is 23.5 Å². The SMILES string of the molecule is CC(NC(=O)c1ccccc1-n1cnnn1)c1cccs1. The van der Waals surface area contributed by atoms with E-state index < -0.39 is 0 Å². The molecule has 0 spiro atoms. The van der Waals surface area contributed by atoms with E-state index in [1.165, 1.54) is 11.0 Å². The van der Waals surface area contributed by atoms with Crippen molar-refractivity contribution in [1.29, 1.82) is 0 Å². The number of tetrazole rings is 1. The van der Waals surface area contributed by atoms with E-state index in [-0.39, 0.29) is 11.9 Å². The standard InChI is InChI=1S/C14H13N5OS/c1-10(13-7-4-8-21-13)16-14(20)11-5-2-3-6-12(11)19-9-15-17-18-19/h2-10H,1H3,(H,16,20). The average molecular weight is 299 g/mol. The highest BCUT2D eigenvalue weighted by atomic mass is 32.1. The fraction of sp³-hybridized carbons (Fsp3) is 0.143. The van der Waals surface area contributed by atoms with Gasteiger partial charge in [0.15, 0.2) is 0 Å². The number of carbonyl (C=O) groups is 1. The fourth-order valence-corrected chi connectivity index (χ4v) is 2.75. The minimum absolute atomic E-state index is 0.0422. The second kappa shape index (κ2) is 5.84. The van der Waals surface area contributed by atoms with Crippen LogP contribution >= 0.6 is 11.3 Å². The molecule has 6 nitrogen and oxygen atoms in total. The van der Waals surface area contributed by atoms with Crippen LogP contribution in [0, 0.1) is 0 Å². The lowest BCUT2D eigenvalue weighted by molar-refractivity contribution is 0.0940. The average Bonchev–Trinajstić information content (AvgIpc) is 3.20. The van der Waals surface area contributed by atoms with E-state index in [9.17, 15) is 4.79 Å². The molecular formula is C14H13N5OS. The van der Waals surface area contributed by atoms with E-state index in [0.29, 0.717) is 11.3 Å². The normalized spacial score (nSPS) is 12.0. The summed E-state index contributed by atoms with van der Waals surface area (Å²) >= 11 is 1.62. The van der Waals surface area contributed by atoms with Gasteiger partial charge in [0.2, 0.25) is 0 Å². The molecule has 0 fully saturated rings. The van der Waals surface area contributed by atoms with E-state index in [4.69, 9.17) is 0 Å². The smallest absolute Gasteiger partial charge is 0.253 e. The maximum atomic E-state index is 12.5. The number of hydrogen-bond acceptors (Lipinski definition) is 5. The topological polar surface area (TPSA) is 72.7 Å². The largest absolute Gasteiger partial charge is 0.345 e. The van der Waals surface area contributed by atoms with Crippen LogP contribution in [0.1, 0.15) is 28.2 Å². The molecule has 3 rings (SSSR count). The summed E-state index contributed by atoms with van der Waals surface area (Å²) in [6.45, 7) is 1.96. The number of nitrogens with one attached hydrogen (secondary N) is 1. The lowest BCUT2D eigenvalue weighted by Crippen LogP contribution is -2.27. The second-order valence-electron chi connectivity index (χ2n) is 4.48. The Morgan fingerprint density at radius 1 is 1.29 bits per heavy atom. The molecule has 2 aromatic heterocycles. The van der Waals surface area contributed by atoms with Crippen molar-refractivity contribution in [2.24, 2.45) is 0 Å². The summed E-state index contributed by atoms with van der Waals surface area (Å²) < 4.78 is 1.48. The van der Waals surface area contributed by atoms with Crippen LogP contribution in [0.25, 0.3) is 5.69 Å². The molecule has 106 valence electrons. The molecule has 3 aromatic rings. The van der Waals surface area contributed by atoms with E-state index >= 15 is 0 Å². The summed E-state index contributed by atoms with van der Waals surface area (Å²) in [7, 11) is 0. The molecule has 0 radical (unpaired) electrons. The first-order chi connectivity index (χ1) is 10.3. The van der Waals surface area contributed by atoms with Crippen LogP contribution < -0.4 is 5.32 Å². The van der Waals surface area contributed by atoms with E-state index in [1.807, 2.05) is 36.6 Å². The summed E-state index contributed by atoms with van der Waals surface area (Å²) in [6.07, 6.45) is 1.47. The van der Waals surface area contributed by atoms with Gasteiger partial charge in [-0.1, -0.05) is 18.2 Å². The number of thiophene rings is 1. The molecule has 0 bridgehead atoms. The first-order valence-corrected chi connectivity index (χ1v) is 7.30. The van der Waals surface area contributed by atoms with Crippen molar-refractivity contribution in [3.8, 4) is 5.69 Å². The van der Waals surface area contributed by atoms with Crippen molar-refractivity contribution >= 4 is 17.2 Å². The Kier molecular flexibility index (Phi) is 3.74. The number of para-hydroxylation sites is 1. The molecule has 0 aliphatic carbocycles. The van der Waals surface area contributed by atoms with Gasteiger partial charge < -0.3 is 5.32 Å². The van der Waals surface area contributed by atoms with Gasteiger partial charge in [0.25, 0.3) is 5.91 Å². The minimum Gasteiger partial charge on any atom is -0.345 e. The number of carbonyl (C=O) groups excluding carboxylic acids is 1. The molecule has 0 saturated heterocycles. The highest BCUT2D eigenvalue weighted by molar-refractivity contribution is 7.10. The fourth-order valence-electron chi connectivity index (χ4n) is 2.02. The van der Waals surface area contributed by atoms with Crippen LogP contribution in [0.5, 0.6) is 0 Å². The Bertz CT molecular complexity index is 724. The lowest BCUT2D eigenvalue weighted by Gasteiger charge is -2.14. The van der Waals surface area contributed by atoms with Gasteiger partial charge in [-0.25, -0.2) is 0 Å². The predicted molar refractivity (Wildman–Crippen MR) is 79.4 cm³/mol. The summed E-state index contributed by atoms with van der Waals surface area (Å²) in [5.74, 6) is -0.151. The van der Waals surface area contributed by atoms with Crippen LogP contribution in [-0.4, -0.2) is 26.1 Å². The van der Waals surface area contributed by atoms with Gasteiger partial charge in [-0.3, -0.25) is 4.79 Å². The molecule has 21 heavy (non-hydrogen) atoms. The summed E-state index contributed by atoms with van der Waals surface area (Å²) in [5.41, 5.74) is 1.19. The Morgan fingerprint density at radius 3 is 2.86 bits per heavy atom. The van der Waals surface area contributed by atoms with Gasteiger partial charge in [-0.05, 0) is 40.9 Å². The van der Waals surface area contributed by atoms with Gasteiger partial charge in [-0.15, -0.1) is 16.4 Å². The quantitative estimate of drug-likeness (QED) is 0.801. The number of rotatable bonds is 4. The Balaban J connectivity index is 1.85. The second-order valence-corrected chi connectivity index (χ2v) is 5.46. The van der Waals surface area contributed by atoms with Gasteiger partial charge in [0, 0.05) is 4.88 Å². The molecule has 1 amide bonds. The molecule has 1 unspecified atom stereocenters. The third kappa shape index (κ3) is 2.82. The number of amides is 1. The first-order valence-electron chi connectivity index (χ1n) is 6.42. The molecule has 0 aliphatic rings. The van der Waals surface area contributed by atoms with Crippen LogP contribution in [-0.2, 0) is 0 Å². The predicted octanol–water partition coefficient (Wildman–Crippen LogP) is 2.21. The van der Waals surface area contributed by atoms with Crippen molar-refractivity contribution in [1.82, 2.24) is 25.5 Å². The van der Waals surface area contributed by atoms with E-state index in [2.05, 4.69) is 20.8 Å². The van der Waals surface area contributed by atoms with Crippen molar-refractivity contribution in [2.75, 3.05) is 0 Å². The Hall–Kier alpha value is -2.54. The lowest BCUT2D eigenvalue weighted by atomic mass is 10.1. The molecule has 1 aromatic carbocycles. The van der Waals surface area contributed by atoms with Gasteiger partial charge in [0.05, 0.1) is 17.3 Å². The third-order valence-corrected chi connectivity index (χ3v) is 4.12. The van der Waals surface area contributed by atoms with Crippen LogP contribution in [0.15, 0.2) is 48.1 Å². The highest BCUT2D eigenvalue weighted by Gasteiger charge is 2.16.